The van der Waals surface area contributed by atoms with Crippen molar-refractivity contribution in [2.75, 3.05) is 5.75 Å². The molecule has 2 rings (SSSR count). The molecule has 0 aromatic heterocycles. The molecule has 0 amide bonds. The average Bonchev–Trinajstić information content (AvgIpc) is 3.00. The Balaban J connectivity index is 1.86. The van der Waals surface area contributed by atoms with Crippen LogP contribution in [0.15, 0.2) is 35.2 Å². The summed E-state index contributed by atoms with van der Waals surface area (Å²) >= 11 is 1.68. The summed E-state index contributed by atoms with van der Waals surface area (Å²) in [7, 11) is 2.05. The molecule has 0 radical (unpaired) electrons. The maximum Gasteiger partial charge on any atom is 0.238 e. The van der Waals surface area contributed by atoms with E-state index in [4.69, 9.17) is 10.7 Å². The van der Waals surface area contributed by atoms with E-state index in [9.17, 15) is 8.42 Å². The van der Waals surface area contributed by atoms with Gasteiger partial charge in [-0.25, -0.2) is 8.42 Å². The van der Waals surface area contributed by atoms with Gasteiger partial charge in [0.25, 0.3) is 0 Å². The van der Waals surface area contributed by atoms with Crippen LogP contribution in [-0.2, 0) is 9.05 Å². The Morgan fingerprint density at radius 3 is 2.38 bits per heavy atom. The molecule has 16 heavy (non-hydrogen) atoms. The summed E-state index contributed by atoms with van der Waals surface area (Å²) in [6.45, 7) is 0. The SMILES string of the molecule is O=S(=O)(Cl)C1(CCSc2ccccc2)CC1. The lowest BCUT2D eigenvalue weighted by molar-refractivity contribution is 0.588. The van der Waals surface area contributed by atoms with Gasteiger partial charge in [0.05, 0.1) is 4.75 Å². The molecule has 5 heteroatoms. The highest BCUT2D eigenvalue weighted by atomic mass is 35.7. The summed E-state index contributed by atoms with van der Waals surface area (Å²) in [5.74, 6) is 0.802. The quantitative estimate of drug-likeness (QED) is 0.611. The van der Waals surface area contributed by atoms with Crippen LogP contribution in [0.1, 0.15) is 19.3 Å². The molecule has 1 saturated carbocycles. The standard InChI is InChI=1S/C11H13ClO2S2/c12-16(13,14)11(6-7-11)8-9-15-10-4-2-1-3-5-10/h1-5H,6-9H2. The second-order valence-corrected chi connectivity index (χ2v) is 8.16. The summed E-state index contributed by atoms with van der Waals surface area (Å²) in [6.07, 6.45) is 2.08. The van der Waals surface area contributed by atoms with Gasteiger partial charge in [-0.05, 0) is 37.1 Å². The second-order valence-electron chi connectivity index (χ2n) is 4.03. The molecule has 0 spiro atoms. The number of halogens is 1. The van der Waals surface area contributed by atoms with Crippen molar-refractivity contribution in [1.82, 2.24) is 0 Å². The largest absolute Gasteiger partial charge is 0.238 e. The molecule has 1 aromatic carbocycles. The first-order chi connectivity index (χ1) is 7.54. The van der Waals surface area contributed by atoms with E-state index in [1.807, 2.05) is 30.3 Å². The van der Waals surface area contributed by atoms with Crippen molar-refractivity contribution in [2.45, 2.75) is 28.9 Å². The van der Waals surface area contributed by atoms with E-state index in [1.54, 1.807) is 11.8 Å². The highest BCUT2D eigenvalue weighted by molar-refractivity contribution is 8.15. The number of hydrogen-bond acceptors (Lipinski definition) is 3. The maximum atomic E-state index is 11.3. The molecular formula is C11H13ClO2S2. The van der Waals surface area contributed by atoms with Crippen LogP contribution in [0.4, 0.5) is 0 Å². The molecule has 0 saturated heterocycles. The summed E-state index contributed by atoms with van der Waals surface area (Å²) < 4.78 is 22.0. The summed E-state index contributed by atoms with van der Waals surface area (Å²) in [5, 5.41) is 0. The fourth-order valence-electron chi connectivity index (χ4n) is 1.63. The molecule has 0 aliphatic heterocycles. The van der Waals surface area contributed by atoms with E-state index in [2.05, 4.69) is 0 Å². The van der Waals surface area contributed by atoms with E-state index in [-0.39, 0.29) is 0 Å². The third-order valence-corrected chi connectivity index (χ3v) is 6.54. The van der Waals surface area contributed by atoms with Crippen LogP contribution >= 0.6 is 22.4 Å². The lowest BCUT2D eigenvalue weighted by atomic mass is 10.3. The van der Waals surface area contributed by atoms with E-state index in [1.165, 1.54) is 4.90 Å². The van der Waals surface area contributed by atoms with Crippen molar-refractivity contribution in [3.8, 4) is 0 Å². The van der Waals surface area contributed by atoms with E-state index in [0.717, 1.165) is 5.75 Å². The van der Waals surface area contributed by atoms with Crippen molar-refractivity contribution < 1.29 is 8.42 Å². The van der Waals surface area contributed by atoms with Gasteiger partial charge in [-0.1, -0.05) is 18.2 Å². The molecule has 1 aromatic rings. The van der Waals surface area contributed by atoms with E-state index in [0.29, 0.717) is 19.3 Å². The van der Waals surface area contributed by atoms with Crippen LogP contribution in [0.5, 0.6) is 0 Å². The second kappa shape index (κ2) is 4.59. The van der Waals surface area contributed by atoms with E-state index < -0.39 is 13.8 Å². The Morgan fingerprint density at radius 2 is 1.88 bits per heavy atom. The summed E-state index contributed by atoms with van der Waals surface area (Å²) in [6, 6.07) is 9.98. The zero-order valence-corrected chi connectivity index (χ0v) is 11.1. The fourth-order valence-corrected chi connectivity index (χ4v) is 4.46. The Hall–Kier alpha value is -0.190. The number of rotatable bonds is 5. The topological polar surface area (TPSA) is 34.1 Å². The van der Waals surface area contributed by atoms with Gasteiger partial charge in [-0.3, -0.25) is 0 Å². The Labute approximate surface area is 105 Å². The highest BCUT2D eigenvalue weighted by Gasteiger charge is 2.53. The molecule has 2 nitrogen and oxygen atoms in total. The normalized spacial score (nSPS) is 18.3. The molecule has 0 heterocycles. The van der Waals surface area contributed by atoms with Gasteiger partial charge in [0.1, 0.15) is 0 Å². The first-order valence-electron chi connectivity index (χ1n) is 5.16. The van der Waals surface area contributed by atoms with Crippen LogP contribution in [0, 0.1) is 0 Å². The average molecular weight is 277 g/mol. The monoisotopic (exact) mass is 276 g/mol. The number of benzene rings is 1. The Morgan fingerprint density at radius 1 is 1.25 bits per heavy atom. The van der Waals surface area contributed by atoms with Crippen LogP contribution in [0.2, 0.25) is 0 Å². The summed E-state index contributed by atoms with van der Waals surface area (Å²) in [5.41, 5.74) is 0. The van der Waals surface area contributed by atoms with Crippen LogP contribution in [-0.4, -0.2) is 18.9 Å². The molecule has 88 valence electrons. The van der Waals surface area contributed by atoms with Crippen molar-refractivity contribution >= 4 is 31.5 Å². The van der Waals surface area contributed by atoms with Crippen LogP contribution < -0.4 is 0 Å². The molecule has 1 aliphatic carbocycles. The molecule has 0 bridgehead atoms. The molecule has 1 fully saturated rings. The Bertz CT molecular complexity index is 452. The Kier molecular flexibility index (Phi) is 3.52. The van der Waals surface area contributed by atoms with Gasteiger partial charge in [-0.15, -0.1) is 11.8 Å². The third kappa shape index (κ3) is 2.73. The van der Waals surface area contributed by atoms with Gasteiger partial charge in [0.2, 0.25) is 9.05 Å². The smallest absolute Gasteiger partial charge is 0.212 e. The first kappa shape index (κ1) is 12.3. The lowest BCUT2D eigenvalue weighted by Crippen LogP contribution is -2.18. The minimum absolute atomic E-state index is 0.615. The van der Waals surface area contributed by atoms with Crippen molar-refractivity contribution in [3.63, 3.8) is 0 Å². The molecule has 1 aliphatic rings. The number of hydrogen-bond donors (Lipinski definition) is 0. The number of thioether (sulfide) groups is 1. The van der Waals surface area contributed by atoms with Crippen molar-refractivity contribution in [2.24, 2.45) is 0 Å². The minimum atomic E-state index is -3.39. The predicted octanol–water partition coefficient (Wildman–Crippen LogP) is 3.27. The fraction of sp³-hybridized carbons (Fsp3) is 0.455. The van der Waals surface area contributed by atoms with Gasteiger partial charge in [0.15, 0.2) is 0 Å². The first-order valence-corrected chi connectivity index (χ1v) is 8.45. The van der Waals surface area contributed by atoms with Crippen molar-refractivity contribution in [1.29, 1.82) is 0 Å². The summed E-state index contributed by atoms with van der Waals surface area (Å²) in [4.78, 5) is 1.17. The van der Waals surface area contributed by atoms with Crippen LogP contribution in [0.25, 0.3) is 0 Å². The zero-order chi connectivity index (χ0) is 11.6. The zero-order valence-electron chi connectivity index (χ0n) is 8.73. The van der Waals surface area contributed by atoms with Crippen LogP contribution in [0.3, 0.4) is 0 Å². The third-order valence-electron chi connectivity index (χ3n) is 2.89. The lowest BCUT2D eigenvalue weighted by Gasteiger charge is -2.10. The van der Waals surface area contributed by atoms with Crippen molar-refractivity contribution in [3.05, 3.63) is 30.3 Å². The van der Waals surface area contributed by atoms with E-state index >= 15 is 0 Å². The predicted molar refractivity (Wildman–Crippen MR) is 68.5 cm³/mol. The van der Waals surface area contributed by atoms with Gasteiger partial charge < -0.3 is 0 Å². The minimum Gasteiger partial charge on any atom is -0.212 e. The molecule has 0 N–H and O–H groups in total. The molecular weight excluding hydrogens is 264 g/mol. The molecule has 0 unspecified atom stereocenters. The van der Waals surface area contributed by atoms with Gasteiger partial charge in [-0.2, -0.15) is 0 Å². The van der Waals surface area contributed by atoms with Gasteiger partial charge in [0, 0.05) is 15.6 Å². The molecule has 0 atom stereocenters. The maximum absolute atomic E-state index is 11.3. The highest BCUT2D eigenvalue weighted by Crippen LogP contribution is 2.49. The van der Waals surface area contributed by atoms with Gasteiger partial charge >= 0.3 is 0 Å².